The normalized spacial score (nSPS) is 12.5. The minimum atomic E-state index is 0.00627. The molecule has 2 aromatic rings. The summed E-state index contributed by atoms with van der Waals surface area (Å²) in [7, 11) is 1.70. The Balaban J connectivity index is 2.64. The van der Waals surface area contributed by atoms with Gasteiger partial charge in [-0.15, -0.1) is 0 Å². The predicted octanol–water partition coefficient (Wildman–Crippen LogP) is 5.91. The molecule has 1 heterocycles. The van der Waals surface area contributed by atoms with Crippen LogP contribution in [0.2, 0.25) is 0 Å². The summed E-state index contributed by atoms with van der Waals surface area (Å²) < 4.78 is 12.7. The van der Waals surface area contributed by atoms with Crippen molar-refractivity contribution in [1.29, 1.82) is 0 Å². The highest BCUT2D eigenvalue weighted by molar-refractivity contribution is 9.11. The number of aryl methyl sites for hydroxylation is 1. The third-order valence-electron chi connectivity index (χ3n) is 3.08. The molecular weight excluding hydrogens is 440 g/mol. The first-order chi connectivity index (χ1) is 8.97. The molecule has 0 saturated carbocycles. The first-order valence-corrected chi connectivity index (χ1v) is 8.18. The van der Waals surface area contributed by atoms with Gasteiger partial charge in [0.2, 0.25) is 0 Å². The molecule has 1 unspecified atom stereocenters. The van der Waals surface area contributed by atoms with E-state index in [2.05, 4.69) is 60.8 Å². The largest absolute Gasteiger partial charge is 0.496 e. The Labute approximate surface area is 137 Å². The summed E-state index contributed by atoms with van der Waals surface area (Å²) >= 11 is 10.8. The lowest BCUT2D eigenvalue weighted by molar-refractivity contribution is 0.406. The van der Waals surface area contributed by atoms with Crippen LogP contribution in [0.15, 0.2) is 32.0 Å². The Morgan fingerprint density at radius 3 is 2.47 bits per heavy atom. The van der Waals surface area contributed by atoms with E-state index in [1.165, 1.54) is 0 Å². The quantitative estimate of drug-likeness (QED) is 0.540. The maximum atomic E-state index is 5.57. The second-order valence-electron chi connectivity index (χ2n) is 4.26. The second kappa shape index (κ2) is 6.02. The average molecular weight is 453 g/mol. The van der Waals surface area contributed by atoms with E-state index in [0.29, 0.717) is 0 Å². The van der Waals surface area contributed by atoms with Gasteiger partial charge < -0.3 is 9.15 Å². The van der Waals surface area contributed by atoms with Crippen molar-refractivity contribution in [3.05, 3.63) is 49.8 Å². The van der Waals surface area contributed by atoms with Gasteiger partial charge in [0.05, 0.1) is 18.2 Å². The van der Waals surface area contributed by atoms with Gasteiger partial charge in [0.1, 0.15) is 5.75 Å². The molecule has 0 bridgehead atoms. The molecule has 0 N–H and O–H groups in total. The number of ether oxygens (including phenoxy) is 1. The summed E-state index contributed by atoms with van der Waals surface area (Å²) in [5.41, 5.74) is 4.40. The molecule has 0 aliphatic rings. The van der Waals surface area contributed by atoms with Crippen LogP contribution in [0, 0.1) is 13.8 Å². The van der Waals surface area contributed by atoms with Gasteiger partial charge in [0.15, 0.2) is 4.67 Å². The lowest BCUT2D eigenvalue weighted by atomic mass is 9.98. The molecule has 0 fully saturated rings. The number of alkyl halides is 1. The Bertz CT molecular complexity index is 605. The van der Waals surface area contributed by atoms with Gasteiger partial charge >= 0.3 is 0 Å². The monoisotopic (exact) mass is 450 g/mol. The zero-order chi connectivity index (χ0) is 14.2. The number of hydrogen-bond acceptors (Lipinski definition) is 2. The van der Waals surface area contributed by atoms with Crippen molar-refractivity contribution < 1.29 is 9.15 Å². The highest BCUT2D eigenvalue weighted by atomic mass is 79.9. The molecule has 1 aromatic heterocycles. The van der Waals surface area contributed by atoms with Gasteiger partial charge in [-0.05, 0) is 53.0 Å². The average Bonchev–Trinajstić information content (AvgIpc) is 2.79. The molecule has 2 nitrogen and oxygen atoms in total. The van der Waals surface area contributed by atoms with Crippen molar-refractivity contribution in [1.82, 2.24) is 0 Å². The van der Waals surface area contributed by atoms with Gasteiger partial charge in [-0.1, -0.05) is 31.9 Å². The smallest absolute Gasteiger partial charge is 0.173 e. The van der Waals surface area contributed by atoms with E-state index in [-0.39, 0.29) is 4.83 Å². The lowest BCUT2D eigenvalue weighted by Crippen LogP contribution is -2.02. The molecule has 1 atom stereocenters. The highest BCUT2D eigenvalue weighted by Gasteiger charge is 2.24. The number of rotatable bonds is 3. The zero-order valence-corrected chi connectivity index (χ0v) is 15.5. The first-order valence-electron chi connectivity index (χ1n) is 5.68. The lowest BCUT2D eigenvalue weighted by Gasteiger charge is -2.19. The first kappa shape index (κ1) is 15.1. The van der Waals surface area contributed by atoms with Gasteiger partial charge in [-0.3, -0.25) is 0 Å². The number of benzene rings is 1. The molecule has 0 aliphatic carbocycles. The molecule has 102 valence electrons. The summed E-state index contributed by atoms with van der Waals surface area (Å²) in [5, 5.41) is 0. The molecule has 0 saturated heterocycles. The van der Waals surface area contributed by atoms with E-state index < -0.39 is 0 Å². The summed E-state index contributed by atoms with van der Waals surface area (Å²) in [6.45, 7) is 4.11. The summed E-state index contributed by atoms with van der Waals surface area (Å²) in [6.07, 6.45) is 1.67. The van der Waals surface area contributed by atoms with Crippen LogP contribution in [0.1, 0.15) is 27.1 Å². The second-order valence-corrected chi connectivity index (χ2v) is 6.75. The molecule has 0 aliphatic heterocycles. The van der Waals surface area contributed by atoms with Crippen molar-refractivity contribution in [3.8, 4) is 5.75 Å². The molecular formula is C14H13Br3O2. The predicted molar refractivity (Wildman–Crippen MR) is 87.3 cm³/mol. The molecule has 0 amide bonds. The fourth-order valence-corrected chi connectivity index (χ4v) is 4.34. The van der Waals surface area contributed by atoms with Crippen LogP contribution in [-0.4, -0.2) is 7.11 Å². The Kier molecular flexibility index (Phi) is 4.79. The van der Waals surface area contributed by atoms with E-state index in [1.54, 1.807) is 13.4 Å². The fourth-order valence-electron chi connectivity index (χ4n) is 2.09. The van der Waals surface area contributed by atoms with Gasteiger partial charge in [-0.2, -0.15) is 0 Å². The van der Waals surface area contributed by atoms with Crippen molar-refractivity contribution in [2.75, 3.05) is 7.11 Å². The molecule has 0 radical (unpaired) electrons. The van der Waals surface area contributed by atoms with Gasteiger partial charge in [-0.25, -0.2) is 0 Å². The molecule has 2 rings (SSSR count). The molecule has 1 aromatic carbocycles. The topological polar surface area (TPSA) is 22.4 Å². The van der Waals surface area contributed by atoms with Gasteiger partial charge in [0.25, 0.3) is 0 Å². The van der Waals surface area contributed by atoms with Crippen molar-refractivity contribution in [2.24, 2.45) is 0 Å². The van der Waals surface area contributed by atoms with E-state index >= 15 is 0 Å². The standard InChI is InChI=1S/C14H13Br3O2/c1-7-6-10(15)8(2)11(13(7)18-3)12(16)9-4-5-19-14(9)17/h4-6,12H,1-3H3. The van der Waals surface area contributed by atoms with Crippen LogP contribution in [-0.2, 0) is 0 Å². The minimum Gasteiger partial charge on any atom is -0.496 e. The van der Waals surface area contributed by atoms with Crippen molar-refractivity contribution in [2.45, 2.75) is 18.7 Å². The van der Waals surface area contributed by atoms with E-state index in [1.807, 2.05) is 13.0 Å². The van der Waals surface area contributed by atoms with Crippen molar-refractivity contribution >= 4 is 47.8 Å². The highest BCUT2D eigenvalue weighted by Crippen LogP contribution is 2.44. The maximum Gasteiger partial charge on any atom is 0.173 e. The van der Waals surface area contributed by atoms with Crippen molar-refractivity contribution in [3.63, 3.8) is 0 Å². The summed E-state index contributed by atoms with van der Waals surface area (Å²) in [5.74, 6) is 0.899. The number of furan rings is 1. The maximum absolute atomic E-state index is 5.57. The third kappa shape index (κ3) is 2.78. The molecule has 19 heavy (non-hydrogen) atoms. The van der Waals surface area contributed by atoms with Crippen LogP contribution in [0.3, 0.4) is 0 Å². The van der Waals surface area contributed by atoms with Crippen LogP contribution >= 0.6 is 47.8 Å². The number of hydrogen-bond donors (Lipinski definition) is 0. The number of methoxy groups -OCH3 is 1. The molecule has 5 heteroatoms. The fraction of sp³-hybridized carbons (Fsp3) is 0.286. The van der Waals surface area contributed by atoms with Crippen LogP contribution in [0.5, 0.6) is 5.75 Å². The summed E-state index contributed by atoms with van der Waals surface area (Å²) in [6, 6.07) is 4.01. The third-order valence-corrected chi connectivity index (χ3v) is 5.50. The number of halogens is 3. The summed E-state index contributed by atoms with van der Waals surface area (Å²) in [4.78, 5) is 0.00627. The SMILES string of the molecule is COc1c(C)cc(Br)c(C)c1C(Br)c1ccoc1Br. The minimum absolute atomic E-state index is 0.00627. The molecule has 0 spiro atoms. The van der Waals surface area contributed by atoms with Crippen LogP contribution < -0.4 is 4.74 Å². The Morgan fingerprint density at radius 1 is 1.26 bits per heavy atom. The van der Waals surface area contributed by atoms with E-state index in [9.17, 15) is 0 Å². The van der Waals surface area contributed by atoms with E-state index in [0.717, 1.165) is 37.1 Å². The Morgan fingerprint density at radius 2 is 1.95 bits per heavy atom. The van der Waals surface area contributed by atoms with Crippen LogP contribution in [0.25, 0.3) is 0 Å². The zero-order valence-electron chi connectivity index (χ0n) is 10.8. The van der Waals surface area contributed by atoms with Gasteiger partial charge in [0, 0.05) is 15.6 Å². The van der Waals surface area contributed by atoms with E-state index in [4.69, 9.17) is 9.15 Å². The Hall–Kier alpha value is -0.260. The van der Waals surface area contributed by atoms with Crippen LogP contribution in [0.4, 0.5) is 0 Å².